The van der Waals surface area contributed by atoms with Gasteiger partial charge >= 0.3 is 0 Å². The molecule has 0 radical (unpaired) electrons. The number of aromatic nitrogens is 1. The van der Waals surface area contributed by atoms with E-state index in [1.165, 1.54) is 12.8 Å². The zero-order valence-corrected chi connectivity index (χ0v) is 8.79. The van der Waals surface area contributed by atoms with E-state index in [2.05, 4.69) is 17.2 Å². The first-order valence-electron chi connectivity index (χ1n) is 5.09. The predicted molar refractivity (Wildman–Crippen MR) is 58.3 cm³/mol. The standard InChI is InChI=1S/C11H15N3O/c1-11(3-4-11)7-14-10(15)9-6-8(12)2-5-13-9/h2,5-6H,3-4,7H2,1H3,(H2,12,13)(H,14,15). The molecule has 2 rings (SSSR count). The molecule has 0 saturated heterocycles. The zero-order chi connectivity index (χ0) is 10.9. The Hall–Kier alpha value is -1.58. The first-order valence-corrected chi connectivity index (χ1v) is 5.09. The minimum Gasteiger partial charge on any atom is -0.399 e. The number of nitrogens with two attached hydrogens (primary N) is 1. The molecule has 1 fully saturated rings. The largest absolute Gasteiger partial charge is 0.399 e. The zero-order valence-electron chi connectivity index (χ0n) is 8.79. The fraction of sp³-hybridized carbons (Fsp3) is 0.455. The van der Waals surface area contributed by atoms with Crippen molar-refractivity contribution in [1.29, 1.82) is 0 Å². The van der Waals surface area contributed by atoms with Gasteiger partial charge in [-0.15, -0.1) is 0 Å². The van der Waals surface area contributed by atoms with E-state index < -0.39 is 0 Å². The summed E-state index contributed by atoms with van der Waals surface area (Å²) in [5, 5.41) is 2.87. The van der Waals surface area contributed by atoms with Gasteiger partial charge in [-0.05, 0) is 30.4 Å². The third-order valence-corrected chi connectivity index (χ3v) is 2.80. The first kappa shape index (κ1) is 9.96. The summed E-state index contributed by atoms with van der Waals surface area (Å²) in [7, 11) is 0. The Morgan fingerprint density at radius 3 is 3.00 bits per heavy atom. The van der Waals surface area contributed by atoms with Crippen molar-refractivity contribution in [3.63, 3.8) is 0 Å². The van der Waals surface area contributed by atoms with Crippen molar-refractivity contribution in [3.8, 4) is 0 Å². The quantitative estimate of drug-likeness (QED) is 0.779. The van der Waals surface area contributed by atoms with Gasteiger partial charge in [0.15, 0.2) is 0 Å². The molecule has 80 valence electrons. The fourth-order valence-corrected chi connectivity index (χ4v) is 1.35. The van der Waals surface area contributed by atoms with Gasteiger partial charge in [-0.3, -0.25) is 9.78 Å². The number of nitrogen functional groups attached to an aromatic ring is 1. The normalized spacial score (nSPS) is 17.1. The Morgan fingerprint density at radius 1 is 1.67 bits per heavy atom. The van der Waals surface area contributed by atoms with Gasteiger partial charge in [-0.25, -0.2) is 0 Å². The molecule has 0 atom stereocenters. The molecule has 1 aliphatic rings. The van der Waals surface area contributed by atoms with Gasteiger partial charge in [0.25, 0.3) is 5.91 Å². The number of nitrogens with zero attached hydrogens (tertiary/aromatic N) is 1. The summed E-state index contributed by atoms with van der Waals surface area (Å²) in [6, 6.07) is 3.25. The Labute approximate surface area is 88.9 Å². The van der Waals surface area contributed by atoms with Gasteiger partial charge < -0.3 is 11.1 Å². The summed E-state index contributed by atoms with van der Waals surface area (Å²) in [6.07, 6.45) is 3.93. The molecule has 1 amide bonds. The van der Waals surface area contributed by atoms with Gasteiger partial charge in [0.2, 0.25) is 0 Å². The average molecular weight is 205 g/mol. The second kappa shape index (κ2) is 3.53. The summed E-state index contributed by atoms with van der Waals surface area (Å²) in [4.78, 5) is 15.6. The third kappa shape index (κ3) is 2.46. The maximum absolute atomic E-state index is 11.6. The lowest BCUT2D eigenvalue weighted by atomic mass is 10.1. The van der Waals surface area contributed by atoms with E-state index in [4.69, 9.17) is 5.73 Å². The molecule has 0 aliphatic heterocycles. The molecule has 0 aromatic carbocycles. The summed E-state index contributed by atoms with van der Waals surface area (Å²) in [5.74, 6) is -0.143. The molecule has 1 saturated carbocycles. The molecule has 15 heavy (non-hydrogen) atoms. The van der Waals surface area contributed by atoms with Crippen LogP contribution in [0.5, 0.6) is 0 Å². The van der Waals surface area contributed by atoms with Crippen molar-refractivity contribution >= 4 is 11.6 Å². The van der Waals surface area contributed by atoms with Crippen molar-refractivity contribution in [2.24, 2.45) is 5.41 Å². The van der Waals surface area contributed by atoms with E-state index in [1.54, 1.807) is 18.3 Å². The summed E-state index contributed by atoms with van der Waals surface area (Å²) in [6.45, 7) is 2.89. The number of carbonyl (C=O) groups excluding carboxylic acids is 1. The van der Waals surface area contributed by atoms with Crippen molar-refractivity contribution < 1.29 is 4.79 Å². The number of anilines is 1. The van der Waals surface area contributed by atoms with Crippen LogP contribution in [0.4, 0.5) is 5.69 Å². The Morgan fingerprint density at radius 2 is 2.40 bits per heavy atom. The smallest absolute Gasteiger partial charge is 0.269 e. The number of hydrogen-bond acceptors (Lipinski definition) is 3. The number of carbonyl (C=O) groups is 1. The van der Waals surface area contributed by atoms with Crippen LogP contribution in [0.1, 0.15) is 30.3 Å². The fourth-order valence-electron chi connectivity index (χ4n) is 1.35. The van der Waals surface area contributed by atoms with Gasteiger partial charge in [-0.1, -0.05) is 6.92 Å². The van der Waals surface area contributed by atoms with Crippen LogP contribution < -0.4 is 11.1 Å². The average Bonchev–Trinajstić information content (AvgIpc) is 2.94. The van der Waals surface area contributed by atoms with Crippen LogP contribution in [-0.2, 0) is 0 Å². The predicted octanol–water partition coefficient (Wildman–Crippen LogP) is 1.19. The summed E-state index contributed by atoms with van der Waals surface area (Å²) in [5.41, 5.74) is 6.84. The van der Waals surface area contributed by atoms with Gasteiger partial charge in [0.05, 0.1) is 0 Å². The van der Waals surface area contributed by atoms with E-state index in [9.17, 15) is 4.79 Å². The van der Waals surface area contributed by atoms with Gasteiger partial charge in [0.1, 0.15) is 5.69 Å². The van der Waals surface area contributed by atoms with Crippen LogP contribution in [-0.4, -0.2) is 17.4 Å². The van der Waals surface area contributed by atoms with Crippen molar-refractivity contribution in [2.75, 3.05) is 12.3 Å². The molecule has 1 heterocycles. The number of rotatable bonds is 3. The third-order valence-electron chi connectivity index (χ3n) is 2.80. The van der Waals surface area contributed by atoms with Gasteiger partial charge in [0, 0.05) is 18.4 Å². The van der Waals surface area contributed by atoms with Crippen LogP contribution in [0.3, 0.4) is 0 Å². The van der Waals surface area contributed by atoms with Crippen LogP contribution >= 0.6 is 0 Å². The molecule has 1 aromatic heterocycles. The number of hydrogen-bond donors (Lipinski definition) is 2. The van der Waals surface area contributed by atoms with Crippen molar-refractivity contribution in [1.82, 2.24) is 10.3 Å². The van der Waals surface area contributed by atoms with E-state index in [0.29, 0.717) is 16.8 Å². The molecule has 4 heteroatoms. The lowest BCUT2D eigenvalue weighted by Gasteiger charge is -2.09. The molecular weight excluding hydrogens is 190 g/mol. The monoisotopic (exact) mass is 205 g/mol. The molecule has 3 N–H and O–H groups in total. The minimum absolute atomic E-state index is 0.143. The molecular formula is C11H15N3O. The lowest BCUT2D eigenvalue weighted by Crippen LogP contribution is -2.29. The maximum atomic E-state index is 11.6. The topological polar surface area (TPSA) is 68.0 Å². The Kier molecular flexibility index (Phi) is 2.34. The molecule has 0 spiro atoms. The van der Waals surface area contributed by atoms with Crippen molar-refractivity contribution in [3.05, 3.63) is 24.0 Å². The molecule has 4 nitrogen and oxygen atoms in total. The van der Waals surface area contributed by atoms with Gasteiger partial charge in [-0.2, -0.15) is 0 Å². The van der Waals surface area contributed by atoms with Crippen LogP contribution in [0.2, 0.25) is 0 Å². The number of nitrogens with one attached hydrogen (secondary N) is 1. The van der Waals surface area contributed by atoms with Crippen LogP contribution in [0.25, 0.3) is 0 Å². The highest BCUT2D eigenvalue weighted by Gasteiger charge is 2.37. The van der Waals surface area contributed by atoms with E-state index in [0.717, 1.165) is 6.54 Å². The van der Waals surface area contributed by atoms with Crippen LogP contribution in [0, 0.1) is 5.41 Å². The lowest BCUT2D eigenvalue weighted by molar-refractivity contribution is 0.0941. The molecule has 1 aliphatic carbocycles. The Balaban J connectivity index is 1.95. The molecule has 0 unspecified atom stereocenters. The SMILES string of the molecule is CC1(CNC(=O)c2cc(N)ccn2)CC1. The van der Waals surface area contributed by atoms with E-state index >= 15 is 0 Å². The highest BCUT2D eigenvalue weighted by molar-refractivity contribution is 5.92. The second-order valence-corrected chi connectivity index (χ2v) is 4.47. The molecule has 1 aromatic rings. The van der Waals surface area contributed by atoms with Crippen LogP contribution in [0.15, 0.2) is 18.3 Å². The molecule has 0 bridgehead atoms. The summed E-state index contributed by atoms with van der Waals surface area (Å²) >= 11 is 0. The highest BCUT2D eigenvalue weighted by atomic mass is 16.1. The Bertz CT molecular complexity index is 385. The number of amides is 1. The highest BCUT2D eigenvalue weighted by Crippen LogP contribution is 2.44. The minimum atomic E-state index is -0.143. The first-order chi connectivity index (χ1) is 7.09. The number of pyridine rings is 1. The summed E-state index contributed by atoms with van der Waals surface area (Å²) < 4.78 is 0. The van der Waals surface area contributed by atoms with E-state index in [1.807, 2.05) is 0 Å². The second-order valence-electron chi connectivity index (χ2n) is 4.47. The maximum Gasteiger partial charge on any atom is 0.269 e. The van der Waals surface area contributed by atoms with Crippen molar-refractivity contribution in [2.45, 2.75) is 19.8 Å². The van der Waals surface area contributed by atoms with E-state index in [-0.39, 0.29) is 5.91 Å².